The van der Waals surface area contributed by atoms with Gasteiger partial charge in [0.1, 0.15) is 6.61 Å². The summed E-state index contributed by atoms with van der Waals surface area (Å²) in [5.41, 5.74) is 1.06. The molecule has 0 fully saturated rings. The zero-order valence-corrected chi connectivity index (χ0v) is 7.23. The van der Waals surface area contributed by atoms with Gasteiger partial charge in [0, 0.05) is 0 Å². The van der Waals surface area contributed by atoms with Crippen LogP contribution in [0.2, 0.25) is 0 Å². The second-order valence-electron chi connectivity index (χ2n) is 2.48. The van der Waals surface area contributed by atoms with E-state index in [4.69, 9.17) is 4.84 Å². The van der Waals surface area contributed by atoms with Gasteiger partial charge in [0.2, 0.25) is 0 Å². The predicted octanol–water partition coefficient (Wildman–Crippen LogP) is 2.45. The molecule has 0 radical (unpaired) electrons. The van der Waals surface area contributed by atoms with Gasteiger partial charge in [-0.25, -0.2) is 0 Å². The molecule has 2 heteroatoms. The van der Waals surface area contributed by atoms with E-state index < -0.39 is 0 Å². The van der Waals surface area contributed by atoms with Crippen molar-refractivity contribution in [3.05, 3.63) is 35.9 Å². The number of benzene rings is 1. The molecule has 0 unspecified atom stereocenters. The van der Waals surface area contributed by atoms with Gasteiger partial charge in [-0.05, 0) is 12.0 Å². The Morgan fingerprint density at radius 1 is 1.33 bits per heavy atom. The topological polar surface area (TPSA) is 21.6 Å². The van der Waals surface area contributed by atoms with E-state index >= 15 is 0 Å². The summed E-state index contributed by atoms with van der Waals surface area (Å²) in [5, 5.41) is 3.81. The van der Waals surface area contributed by atoms with Crippen LogP contribution < -0.4 is 0 Å². The fourth-order valence-electron chi connectivity index (χ4n) is 0.781. The molecule has 1 aromatic carbocycles. The Kier molecular flexibility index (Phi) is 3.92. The molecule has 0 saturated heterocycles. The largest absolute Gasteiger partial charge is 0.396 e. The molecular formula is C10H13NO. The minimum Gasteiger partial charge on any atom is -0.396 e. The molecule has 1 rings (SSSR count). The lowest BCUT2D eigenvalue weighted by atomic mass is 10.2. The number of nitrogens with zero attached hydrogens (tertiary/aromatic N) is 1. The van der Waals surface area contributed by atoms with Crippen LogP contribution in [-0.2, 0) is 4.84 Å². The highest BCUT2D eigenvalue weighted by Crippen LogP contribution is 1.94. The summed E-state index contributed by atoms with van der Waals surface area (Å²) in [7, 11) is 0. The molecule has 2 nitrogen and oxygen atoms in total. The van der Waals surface area contributed by atoms with Gasteiger partial charge < -0.3 is 4.84 Å². The SMILES string of the molecule is CCCO/N=C\c1ccccc1. The third-order valence-corrected chi connectivity index (χ3v) is 1.37. The molecule has 0 aliphatic carbocycles. The van der Waals surface area contributed by atoms with Gasteiger partial charge in [0.15, 0.2) is 0 Å². The van der Waals surface area contributed by atoms with Gasteiger partial charge in [-0.2, -0.15) is 0 Å². The fourth-order valence-corrected chi connectivity index (χ4v) is 0.781. The van der Waals surface area contributed by atoms with E-state index in [9.17, 15) is 0 Å². The van der Waals surface area contributed by atoms with Crippen molar-refractivity contribution in [2.45, 2.75) is 13.3 Å². The number of hydrogen-bond donors (Lipinski definition) is 0. The standard InChI is InChI=1S/C10H13NO/c1-2-8-12-11-9-10-6-4-3-5-7-10/h3-7,9H,2,8H2,1H3/b11-9-. The van der Waals surface area contributed by atoms with Crippen molar-refractivity contribution in [3.63, 3.8) is 0 Å². The molecule has 12 heavy (non-hydrogen) atoms. The van der Waals surface area contributed by atoms with E-state index in [0.717, 1.165) is 12.0 Å². The molecule has 0 aromatic heterocycles. The van der Waals surface area contributed by atoms with Crippen LogP contribution in [0.1, 0.15) is 18.9 Å². The summed E-state index contributed by atoms with van der Waals surface area (Å²) in [5.74, 6) is 0. The van der Waals surface area contributed by atoms with Crippen molar-refractivity contribution in [1.82, 2.24) is 0 Å². The maximum Gasteiger partial charge on any atom is 0.116 e. The van der Waals surface area contributed by atoms with Gasteiger partial charge in [-0.3, -0.25) is 0 Å². The summed E-state index contributed by atoms with van der Waals surface area (Å²) in [6.07, 6.45) is 2.71. The number of rotatable bonds is 4. The maximum atomic E-state index is 4.96. The van der Waals surface area contributed by atoms with Crippen LogP contribution in [0, 0.1) is 0 Å². The first kappa shape index (κ1) is 8.78. The minimum absolute atomic E-state index is 0.684. The number of oxime groups is 1. The zero-order chi connectivity index (χ0) is 8.65. The molecule has 0 bridgehead atoms. The predicted molar refractivity (Wildman–Crippen MR) is 50.3 cm³/mol. The summed E-state index contributed by atoms with van der Waals surface area (Å²) in [6, 6.07) is 9.89. The molecule has 0 aliphatic heterocycles. The molecular weight excluding hydrogens is 150 g/mol. The molecule has 0 saturated carbocycles. The van der Waals surface area contributed by atoms with Crippen molar-refractivity contribution >= 4 is 6.21 Å². The van der Waals surface area contributed by atoms with Crippen molar-refractivity contribution in [3.8, 4) is 0 Å². The Morgan fingerprint density at radius 3 is 2.75 bits per heavy atom. The van der Waals surface area contributed by atoms with Crippen LogP contribution in [0.5, 0.6) is 0 Å². The van der Waals surface area contributed by atoms with Crippen molar-refractivity contribution in [2.75, 3.05) is 6.61 Å². The monoisotopic (exact) mass is 163 g/mol. The molecule has 0 aliphatic rings. The highest BCUT2D eigenvalue weighted by Gasteiger charge is 1.82. The third kappa shape index (κ3) is 3.19. The quantitative estimate of drug-likeness (QED) is 0.379. The highest BCUT2D eigenvalue weighted by atomic mass is 16.6. The Bertz CT molecular complexity index is 231. The summed E-state index contributed by atoms with van der Waals surface area (Å²) in [4.78, 5) is 4.96. The first-order chi connectivity index (χ1) is 5.93. The Morgan fingerprint density at radius 2 is 2.08 bits per heavy atom. The van der Waals surface area contributed by atoms with Gasteiger partial charge in [0.25, 0.3) is 0 Å². The molecule has 0 spiro atoms. The van der Waals surface area contributed by atoms with E-state index in [1.165, 1.54) is 0 Å². The van der Waals surface area contributed by atoms with E-state index in [2.05, 4.69) is 12.1 Å². The summed E-state index contributed by atoms with van der Waals surface area (Å²) >= 11 is 0. The van der Waals surface area contributed by atoms with Crippen LogP contribution in [0.4, 0.5) is 0 Å². The normalized spacial score (nSPS) is 10.4. The Labute approximate surface area is 72.9 Å². The van der Waals surface area contributed by atoms with Crippen LogP contribution in [0.25, 0.3) is 0 Å². The minimum atomic E-state index is 0.684. The van der Waals surface area contributed by atoms with Crippen LogP contribution >= 0.6 is 0 Å². The zero-order valence-electron chi connectivity index (χ0n) is 7.23. The number of hydrogen-bond acceptors (Lipinski definition) is 2. The van der Waals surface area contributed by atoms with E-state index in [0.29, 0.717) is 6.61 Å². The van der Waals surface area contributed by atoms with Gasteiger partial charge >= 0.3 is 0 Å². The highest BCUT2D eigenvalue weighted by molar-refractivity contribution is 5.78. The van der Waals surface area contributed by atoms with Crippen molar-refractivity contribution in [2.24, 2.45) is 5.16 Å². The molecule has 0 atom stereocenters. The average Bonchev–Trinajstić information content (AvgIpc) is 2.14. The maximum absolute atomic E-state index is 4.96. The van der Waals surface area contributed by atoms with Gasteiger partial charge in [-0.15, -0.1) is 0 Å². The summed E-state index contributed by atoms with van der Waals surface area (Å²) in [6.45, 7) is 2.74. The van der Waals surface area contributed by atoms with Gasteiger partial charge in [-0.1, -0.05) is 42.4 Å². The second-order valence-corrected chi connectivity index (χ2v) is 2.48. The van der Waals surface area contributed by atoms with E-state index in [1.54, 1.807) is 6.21 Å². The Hall–Kier alpha value is -1.31. The molecule has 0 N–H and O–H groups in total. The fraction of sp³-hybridized carbons (Fsp3) is 0.300. The second kappa shape index (κ2) is 5.35. The van der Waals surface area contributed by atoms with Gasteiger partial charge in [0.05, 0.1) is 6.21 Å². The summed E-state index contributed by atoms with van der Waals surface area (Å²) < 4.78 is 0. The van der Waals surface area contributed by atoms with Crippen LogP contribution in [0.3, 0.4) is 0 Å². The first-order valence-corrected chi connectivity index (χ1v) is 4.14. The average molecular weight is 163 g/mol. The molecule has 64 valence electrons. The lowest BCUT2D eigenvalue weighted by molar-refractivity contribution is 0.146. The molecule has 0 amide bonds. The molecule has 0 heterocycles. The van der Waals surface area contributed by atoms with Crippen molar-refractivity contribution < 1.29 is 4.84 Å². The van der Waals surface area contributed by atoms with Crippen LogP contribution in [-0.4, -0.2) is 12.8 Å². The lowest BCUT2D eigenvalue weighted by Crippen LogP contribution is -1.85. The lowest BCUT2D eigenvalue weighted by Gasteiger charge is -1.93. The third-order valence-electron chi connectivity index (χ3n) is 1.37. The smallest absolute Gasteiger partial charge is 0.116 e. The van der Waals surface area contributed by atoms with E-state index in [1.807, 2.05) is 30.3 Å². The van der Waals surface area contributed by atoms with E-state index in [-0.39, 0.29) is 0 Å². The first-order valence-electron chi connectivity index (χ1n) is 4.14. The van der Waals surface area contributed by atoms with Crippen LogP contribution in [0.15, 0.2) is 35.5 Å². The Balaban J connectivity index is 2.36. The molecule has 1 aromatic rings. The van der Waals surface area contributed by atoms with Crippen molar-refractivity contribution in [1.29, 1.82) is 0 Å².